The standard InChI is InChI=1S/C18H25N3O3S2/c1-4-16-11-12-18(25-16)26(23,24)19-13-17(22)20-14-7-9-15(10-8-14)21(5-2)6-3/h7-12,19H,4-6,13H2,1-3H3,(H,20,22). The van der Waals surface area contributed by atoms with Crippen LogP contribution in [0.5, 0.6) is 0 Å². The van der Waals surface area contributed by atoms with Crippen molar-refractivity contribution in [3.8, 4) is 0 Å². The molecule has 1 amide bonds. The fourth-order valence-corrected chi connectivity index (χ4v) is 4.80. The highest BCUT2D eigenvalue weighted by molar-refractivity contribution is 7.91. The Morgan fingerprint density at radius 1 is 1.04 bits per heavy atom. The molecule has 142 valence electrons. The van der Waals surface area contributed by atoms with Crippen LogP contribution in [0, 0.1) is 0 Å². The monoisotopic (exact) mass is 395 g/mol. The zero-order chi connectivity index (χ0) is 19.2. The van der Waals surface area contributed by atoms with Crippen molar-refractivity contribution < 1.29 is 13.2 Å². The molecular weight excluding hydrogens is 370 g/mol. The Hall–Kier alpha value is -1.90. The van der Waals surface area contributed by atoms with E-state index in [0.29, 0.717) is 5.69 Å². The SMILES string of the molecule is CCc1ccc(S(=O)(=O)NCC(=O)Nc2ccc(N(CC)CC)cc2)s1. The fourth-order valence-electron chi connectivity index (χ4n) is 2.47. The van der Waals surface area contributed by atoms with Gasteiger partial charge in [-0.15, -0.1) is 11.3 Å². The molecule has 0 fully saturated rings. The Bertz CT molecular complexity index is 826. The number of carbonyl (C=O) groups excluding carboxylic acids is 1. The van der Waals surface area contributed by atoms with Crippen LogP contribution in [0.2, 0.25) is 0 Å². The van der Waals surface area contributed by atoms with E-state index in [2.05, 4.69) is 28.8 Å². The summed E-state index contributed by atoms with van der Waals surface area (Å²) in [4.78, 5) is 15.2. The molecule has 0 atom stereocenters. The van der Waals surface area contributed by atoms with E-state index < -0.39 is 15.9 Å². The first-order chi connectivity index (χ1) is 12.4. The molecule has 0 aliphatic rings. The molecule has 26 heavy (non-hydrogen) atoms. The van der Waals surface area contributed by atoms with Crippen molar-refractivity contribution in [2.24, 2.45) is 0 Å². The first-order valence-electron chi connectivity index (χ1n) is 8.62. The Labute approximate surface area is 159 Å². The number of hydrogen-bond donors (Lipinski definition) is 2. The summed E-state index contributed by atoms with van der Waals surface area (Å²) in [5.74, 6) is -0.406. The molecule has 0 saturated carbocycles. The van der Waals surface area contributed by atoms with Gasteiger partial charge in [-0.25, -0.2) is 13.1 Å². The lowest BCUT2D eigenvalue weighted by atomic mass is 10.2. The first-order valence-corrected chi connectivity index (χ1v) is 10.9. The zero-order valence-corrected chi connectivity index (χ0v) is 16.9. The highest BCUT2D eigenvalue weighted by Crippen LogP contribution is 2.21. The molecule has 2 rings (SSSR count). The van der Waals surface area contributed by atoms with Crippen LogP contribution in [0.15, 0.2) is 40.6 Å². The zero-order valence-electron chi connectivity index (χ0n) is 15.3. The minimum Gasteiger partial charge on any atom is -0.372 e. The molecule has 0 unspecified atom stereocenters. The molecule has 0 bridgehead atoms. The molecule has 1 aromatic carbocycles. The summed E-state index contributed by atoms with van der Waals surface area (Å²) in [7, 11) is -3.66. The van der Waals surface area contributed by atoms with E-state index >= 15 is 0 Å². The number of nitrogens with one attached hydrogen (secondary N) is 2. The first kappa shape index (κ1) is 20.4. The molecule has 2 N–H and O–H groups in total. The largest absolute Gasteiger partial charge is 0.372 e. The van der Waals surface area contributed by atoms with Crippen LogP contribution in [0.1, 0.15) is 25.6 Å². The van der Waals surface area contributed by atoms with Crippen LogP contribution >= 0.6 is 11.3 Å². The molecular formula is C18H25N3O3S2. The number of aryl methyl sites for hydroxylation is 1. The van der Waals surface area contributed by atoms with Crippen LogP contribution in [-0.2, 0) is 21.2 Å². The second kappa shape index (κ2) is 9.16. The normalized spacial score (nSPS) is 11.3. The average molecular weight is 396 g/mol. The van der Waals surface area contributed by atoms with Crippen molar-refractivity contribution in [2.45, 2.75) is 31.4 Å². The predicted molar refractivity (Wildman–Crippen MR) is 108 cm³/mol. The van der Waals surface area contributed by atoms with Gasteiger partial charge in [0.2, 0.25) is 5.91 Å². The topological polar surface area (TPSA) is 78.5 Å². The molecule has 2 aromatic rings. The second-order valence-corrected chi connectivity index (χ2v) is 8.83. The lowest BCUT2D eigenvalue weighted by Gasteiger charge is -2.21. The van der Waals surface area contributed by atoms with Crippen LogP contribution in [0.25, 0.3) is 0 Å². The number of thiophene rings is 1. The highest BCUT2D eigenvalue weighted by Gasteiger charge is 2.17. The number of nitrogens with zero attached hydrogens (tertiary/aromatic N) is 1. The molecule has 0 aliphatic heterocycles. The Balaban J connectivity index is 1.92. The van der Waals surface area contributed by atoms with E-state index in [0.717, 1.165) is 30.1 Å². The van der Waals surface area contributed by atoms with Crippen LogP contribution in [0.4, 0.5) is 11.4 Å². The number of amides is 1. The second-order valence-electron chi connectivity index (χ2n) is 5.67. The minimum absolute atomic E-state index is 0.228. The summed E-state index contributed by atoms with van der Waals surface area (Å²) in [6.45, 7) is 7.65. The smallest absolute Gasteiger partial charge is 0.250 e. The molecule has 1 aromatic heterocycles. The van der Waals surface area contributed by atoms with Crippen LogP contribution in [0.3, 0.4) is 0 Å². The van der Waals surface area contributed by atoms with E-state index in [4.69, 9.17) is 0 Å². The van der Waals surface area contributed by atoms with Gasteiger partial charge >= 0.3 is 0 Å². The summed E-state index contributed by atoms with van der Waals surface area (Å²) >= 11 is 1.22. The Kier molecular flexibility index (Phi) is 7.19. The van der Waals surface area contributed by atoms with E-state index in [1.54, 1.807) is 12.1 Å². The van der Waals surface area contributed by atoms with Crippen molar-refractivity contribution >= 4 is 38.6 Å². The number of benzene rings is 1. The lowest BCUT2D eigenvalue weighted by molar-refractivity contribution is -0.115. The summed E-state index contributed by atoms with van der Waals surface area (Å²) in [6, 6.07) is 10.8. The maximum atomic E-state index is 12.2. The van der Waals surface area contributed by atoms with Gasteiger partial charge in [0.1, 0.15) is 4.21 Å². The number of rotatable bonds is 9. The molecule has 0 saturated heterocycles. The number of hydrogen-bond acceptors (Lipinski definition) is 5. The maximum absolute atomic E-state index is 12.2. The molecule has 8 heteroatoms. The average Bonchev–Trinajstić information content (AvgIpc) is 3.13. The quantitative estimate of drug-likeness (QED) is 0.684. The number of sulfonamides is 1. The number of carbonyl (C=O) groups is 1. The third-order valence-corrected chi connectivity index (χ3v) is 7.08. The molecule has 0 aliphatic carbocycles. The van der Waals surface area contributed by atoms with Gasteiger partial charge < -0.3 is 10.2 Å². The van der Waals surface area contributed by atoms with Gasteiger partial charge in [0.15, 0.2) is 0 Å². The highest BCUT2D eigenvalue weighted by atomic mass is 32.2. The predicted octanol–water partition coefficient (Wildman–Crippen LogP) is 3.07. The van der Waals surface area contributed by atoms with Gasteiger partial charge in [-0.1, -0.05) is 6.92 Å². The Morgan fingerprint density at radius 2 is 1.69 bits per heavy atom. The summed E-state index contributed by atoms with van der Waals surface area (Å²) in [5.41, 5.74) is 1.72. The van der Waals surface area contributed by atoms with E-state index in [1.807, 2.05) is 31.2 Å². The fraction of sp³-hybridized carbons (Fsp3) is 0.389. The van der Waals surface area contributed by atoms with E-state index in [9.17, 15) is 13.2 Å². The van der Waals surface area contributed by atoms with Crippen molar-refractivity contribution in [3.05, 3.63) is 41.3 Å². The van der Waals surface area contributed by atoms with Crippen molar-refractivity contribution in [2.75, 3.05) is 29.9 Å². The third-order valence-electron chi connectivity index (χ3n) is 3.95. The lowest BCUT2D eigenvalue weighted by Crippen LogP contribution is -2.32. The van der Waals surface area contributed by atoms with Gasteiger partial charge in [0.05, 0.1) is 6.54 Å². The minimum atomic E-state index is -3.66. The Morgan fingerprint density at radius 3 is 2.23 bits per heavy atom. The van der Waals surface area contributed by atoms with Crippen molar-refractivity contribution in [3.63, 3.8) is 0 Å². The van der Waals surface area contributed by atoms with Crippen LogP contribution in [-0.4, -0.2) is 34.0 Å². The third kappa shape index (κ3) is 5.30. The van der Waals surface area contributed by atoms with Gasteiger partial charge in [0.25, 0.3) is 10.0 Å². The summed E-state index contributed by atoms with van der Waals surface area (Å²) in [5, 5.41) is 2.70. The van der Waals surface area contributed by atoms with Gasteiger partial charge in [0, 0.05) is 29.3 Å². The van der Waals surface area contributed by atoms with Crippen molar-refractivity contribution in [1.29, 1.82) is 0 Å². The maximum Gasteiger partial charge on any atom is 0.250 e. The molecule has 0 spiro atoms. The summed E-state index contributed by atoms with van der Waals surface area (Å²) in [6.07, 6.45) is 0.782. The van der Waals surface area contributed by atoms with Crippen molar-refractivity contribution in [1.82, 2.24) is 4.72 Å². The van der Waals surface area contributed by atoms with Gasteiger partial charge in [-0.05, 0) is 56.7 Å². The molecule has 6 nitrogen and oxygen atoms in total. The van der Waals surface area contributed by atoms with Crippen LogP contribution < -0.4 is 14.9 Å². The van der Waals surface area contributed by atoms with E-state index in [-0.39, 0.29) is 10.8 Å². The number of anilines is 2. The molecule has 0 radical (unpaired) electrons. The van der Waals surface area contributed by atoms with Gasteiger partial charge in [-0.3, -0.25) is 4.79 Å². The van der Waals surface area contributed by atoms with Gasteiger partial charge in [-0.2, -0.15) is 0 Å². The van der Waals surface area contributed by atoms with E-state index in [1.165, 1.54) is 11.3 Å². The summed E-state index contributed by atoms with van der Waals surface area (Å²) < 4.78 is 27.0. The molecule has 1 heterocycles.